The fourth-order valence-corrected chi connectivity index (χ4v) is 3.53. The van der Waals surface area contributed by atoms with E-state index in [9.17, 15) is 9.59 Å². The van der Waals surface area contributed by atoms with Gasteiger partial charge in [0.1, 0.15) is 11.5 Å². The number of amides is 2. The molecule has 0 aliphatic carbocycles. The second-order valence-electron chi connectivity index (χ2n) is 5.51. The monoisotopic (exact) mass is 389 g/mol. The highest BCUT2D eigenvalue weighted by molar-refractivity contribution is 8.18. The molecule has 2 aromatic carbocycles. The van der Waals surface area contributed by atoms with Gasteiger partial charge in [-0.05, 0) is 47.2 Å². The first kappa shape index (κ1) is 18.4. The number of halogens is 1. The van der Waals surface area contributed by atoms with Gasteiger partial charge in [-0.3, -0.25) is 14.5 Å². The fourth-order valence-electron chi connectivity index (χ4n) is 2.50. The second-order valence-corrected chi connectivity index (χ2v) is 6.91. The van der Waals surface area contributed by atoms with Crippen LogP contribution in [-0.4, -0.2) is 30.3 Å². The molecule has 0 atom stereocenters. The van der Waals surface area contributed by atoms with E-state index in [0.717, 1.165) is 17.3 Å². The molecule has 134 valence electrons. The van der Waals surface area contributed by atoms with Crippen molar-refractivity contribution >= 4 is 40.6 Å². The van der Waals surface area contributed by atoms with E-state index >= 15 is 0 Å². The van der Waals surface area contributed by atoms with Crippen molar-refractivity contribution in [3.8, 4) is 11.5 Å². The molecule has 3 rings (SSSR count). The number of thioether (sulfide) groups is 1. The highest BCUT2D eigenvalue weighted by atomic mass is 35.5. The Morgan fingerprint density at radius 2 is 1.73 bits per heavy atom. The van der Waals surface area contributed by atoms with Crippen molar-refractivity contribution < 1.29 is 19.1 Å². The molecule has 0 radical (unpaired) electrons. The third kappa shape index (κ3) is 3.86. The summed E-state index contributed by atoms with van der Waals surface area (Å²) < 4.78 is 10.5. The Balaban J connectivity index is 1.87. The molecular weight excluding hydrogens is 374 g/mol. The summed E-state index contributed by atoms with van der Waals surface area (Å²) in [5.74, 6) is 0.860. The number of nitrogens with zero attached hydrogens (tertiary/aromatic N) is 1. The number of carbonyl (C=O) groups is 2. The lowest BCUT2D eigenvalue weighted by Gasteiger charge is -2.13. The SMILES string of the molecule is COc1cc(/C=C2\SC(=O)N(Cc3ccccc3Cl)C2=O)cc(OC)c1. The van der Waals surface area contributed by atoms with E-state index in [4.69, 9.17) is 21.1 Å². The van der Waals surface area contributed by atoms with Crippen LogP contribution >= 0.6 is 23.4 Å². The highest BCUT2D eigenvalue weighted by Gasteiger charge is 2.35. The van der Waals surface area contributed by atoms with Crippen molar-refractivity contribution in [1.82, 2.24) is 4.90 Å². The van der Waals surface area contributed by atoms with Crippen LogP contribution in [0, 0.1) is 0 Å². The summed E-state index contributed by atoms with van der Waals surface area (Å²) in [5.41, 5.74) is 1.44. The molecule has 7 heteroatoms. The Labute approximate surface area is 160 Å². The molecule has 1 aliphatic heterocycles. The van der Waals surface area contributed by atoms with E-state index in [1.807, 2.05) is 6.07 Å². The molecule has 0 N–H and O–H groups in total. The van der Waals surface area contributed by atoms with E-state index in [2.05, 4.69) is 0 Å². The van der Waals surface area contributed by atoms with Gasteiger partial charge in [0.15, 0.2) is 0 Å². The van der Waals surface area contributed by atoms with E-state index in [0.29, 0.717) is 27.0 Å². The summed E-state index contributed by atoms with van der Waals surface area (Å²) in [7, 11) is 3.10. The Bertz CT molecular complexity index is 875. The van der Waals surface area contributed by atoms with Crippen molar-refractivity contribution in [1.29, 1.82) is 0 Å². The van der Waals surface area contributed by atoms with Crippen LogP contribution in [0.1, 0.15) is 11.1 Å². The van der Waals surface area contributed by atoms with Crippen LogP contribution in [-0.2, 0) is 11.3 Å². The third-order valence-electron chi connectivity index (χ3n) is 3.83. The maximum atomic E-state index is 12.7. The van der Waals surface area contributed by atoms with Gasteiger partial charge in [0.25, 0.3) is 11.1 Å². The average Bonchev–Trinajstić information content (AvgIpc) is 2.90. The molecule has 0 aromatic heterocycles. The maximum absolute atomic E-state index is 12.7. The van der Waals surface area contributed by atoms with Gasteiger partial charge in [-0.25, -0.2) is 0 Å². The predicted octanol–water partition coefficient (Wildman–Crippen LogP) is 4.59. The quantitative estimate of drug-likeness (QED) is 0.700. The average molecular weight is 390 g/mol. The van der Waals surface area contributed by atoms with Gasteiger partial charge >= 0.3 is 0 Å². The molecule has 5 nitrogen and oxygen atoms in total. The van der Waals surface area contributed by atoms with Crippen molar-refractivity contribution in [2.75, 3.05) is 14.2 Å². The summed E-state index contributed by atoms with van der Waals surface area (Å²) >= 11 is 7.04. The molecule has 26 heavy (non-hydrogen) atoms. The van der Waals surface area contributed by atoms with Gasteiger partial charge in [0.05, 0.1) is 25.7 Å². The van der Waals surface area contributed by atoms with Gasteiger partial charge in [-0.2, -0.15) is 0 Å². The van der Waals surface area contributed by atoms with Crippen molar-refractivity contribution in [2.24, 2.45) is 0 Å². The standard InChI is InChI=1S/C19H16ClNO4S/c1-24-14-7-12(8-15(10-14)25-2)9-17-18(22)21(19(23)26-17)11-13-5-3-4-6-16(13)20/h3-10H,11H2,1-2H3/b17-9-. The summed E-state index contributed by atoms with van der Waals surface area (Å²) in [4.78, 5) is 26.5. The summed E-state index contributed by atoms with van der Waals surface area (Å²) in [6, 6.07) is 12.4. The molecule has 0 spiro atoms. The number of benzene rings is 2. The van der Waals surface area contributed by atoms with Crippen LogP contribution in [0.5, 0.6) is 11.5 Å². The number of hydrogen-bond acceptors (Lipinski definition) is 5. The first-order chi connectivity index (χ1) is 12.5. The third-order valence-corrected chi connectivity index (χ3v) is 5.11. The molecular formula is C19H16ClNO4S. The van der Waals surface area contributed by atoms with Gasteiger partial charge < -0.3 is 9.47 Å². The zero-order valence-corrected chi connectivity index (χ0v) is 15.8. The minimum atomic E-state index is -0.346. The molecule has 0 saturated carbocycles. The van der Waals surface area contributed by atoms with Gasteiger partial charge in [0.2, 0.25) is 0 Å². The number of ether oxygens (including phenoxy) is 2. The lowest BCUT2D eigenvalue weighted by atomic mass is 10.1. The normalized spacial score (nSPS) is 15.7. The Morgan fingerprint density at radius 1 is 1.08 bits per heavy atom. The Kier molecular flexibility index (Phi) is 5.54. The zero-order valence-electron chi connectivity index (χ0n) is 14.2. The lowest BCUT2D eigenvalue weighted by molar-refractivity contribution is -0.123. The number of methoxy groups -OCH3 is 2. The lowest BCUT2D eigenvalue weighted by Crippen LogP contribution is -2.27. The molecule has 2 aromatic rings. The second kappa shape index (κ2) is 7.85. The number of hydrogen-bond donors (Lipinski definition) is 0. The number of imide groups is 1. The zero-order chi connectivity index (χ0) is 18.7. The van der Waals surface area contributed by atoms with Crippen molar-refractivity contribution in [3.05, 3.63) is 63.5 Å². The van der Waals surface area contributed by atoms with E-state index < -0.39 is 0 Å². The van der Waals surface area contributed by atoms with Gasteiger partial charge in [0, 0.05) is 11.1 Å². The first-order valence-electron chi connectivity index (χ1n) is 7.73. The molecule has 1 heterocycles. The van der Waals surface area contributed by atoms with Crippen molar-refractivity contribution in [3.63, 3.8) is 0 Å². The Morgan fingerprint density at radius 3 is 2.35 bits per heavy atom. The summed E-state index contributed by atoms with van der Waals surface area (Å²) in [5, 5.41) is 0.198. The van der Waals surface area contributed by atoms with E-state index in [1.54, 1.807) is 56.7 Å². The summed E-state index contributed by atoms with van der Waals surface area (Å²) in [6.45, 7) is 0.142. The first-order valence-corrected chi connectivity index (χ1v) is 8.93. The van der Waals surface area contributed by atoms with Gasteiger partial charge in [-0.15, -0.1) is 0 Å². The van der Waals surface area contributed by atoms with Gasteiger partial charge in [-0.1, -0.05) is 29.8 Å². The van der Waals surface area contributed by atoms with Crippen LogP contribution < -0.4 is 9.47 Å². The largest absolute Gasteiger partial charge is 0.497 e. The summed E-state index contributed by atoms with van der Waals surface area (Å²) in [6.07, 6.45) is 1.66. The molecule has 2 amide bonds. The van der Waals surface area contributed by atoms with E-state index in [1.165, 1.54) is 4.90 Å². The maximum Gasteiger partial charge on any atom is 0.293 e. The highest BCUT2D eigenvalue weighted by Crippen LogP contribution is 2.35. The molecule has 1 saturated heterocycles. The van der Waals surface area contributed by atoms with Crippen LogP contribution in [0.15, 0.2) is 47.4 Å². The van der Waals surface area contributed by atoms with Crippen LogP contribution in [0.2, 0.25) is 5.02 Å². The van der Waals surface area contributed by atoms with Crippen LogP contribution in [0.3, 0.4) is 0 Å². The molecule has 1 fully saturated rings. The van der Waals surface area contributed by atoms with Crippen molar-refractivity contribution in [2.45, 2.75) is 6.54 Å². The minimum absolute atomic E-state index is 0.142. The minimum Gasteiger partial charge on any atom is -0.497 e. The van der Waals surface area contributed by atoms with Crippen LogP contribution in [0.25, 0.3) is 6.08 Å². The van der Waals surface area contributed by atoms with Crippen LogP contribution in [0.4, 0.5) is 4.79 Å². The predicted molar refractivity (Wildman–Crippen MR) is 103 cm³/mol. The molecule has 1 aliphatic rings. The number of rotatable bonds is 5. The molecule has 0 bridgehead atoms. The number of carbonyl (C=O) groups excluding carboxylic acids is 2. The smallest absolute Gasteiger partial charge is 0.293 e. The Hall–Kier alpha value is -2.44. The topological polar surface area (TPSA) is 55.8 Å². The fraction of sp³-hybridized carbons (Fsp3) is 0.158. The van der Waals surface area contributed by atoms with E-state index in [-0.39, 0.29) is 17.7 Å². The molecule has 0 unspecified atom stereocenters.